The minimum absolute atomic E-state index is 0.124. The standard InChI is InChI=1S/C15H19N3O3/c1-17(10-11-5-3-2-4-6-11)15(19)13-9-12(18(20)21)7-8-14(13)16/h2-3,7-9,11H,4-6,10,16H2,1H3. The topological polar surface area (TPSA) is 89.5 Å². The van der Waals surface area contributed by atoms with E-state index in [2.05, 4.69) is 12.2 Å². The van der Waals surface area contributed by atoms with Gasteiger partial charge in [0.15, 0.2) is 0 Å². The Balaban J connectivity index is 2.13. The van der Waals surface area contributed by atoms with Gasteiger partial charge in [-0.3, -0.25) is 14.9 Å². The maximum atomic E-state index is 12.4. The van der Waals surface area contributed by atoms with Crippen molar-refractivity contribution in [2.45, 2.75) is 19.3 Å². The van der Waals surface area contributed by atoms with Crippen LogP contribution < -0.4 is 5.73 Å². The Morgan fingerprint density at radius 2 is 2.24 bits per heavy atom. The van der Waals surface area contributed by atoms with Gasteiger partial charge < -0.3 is 10.6 Å². The zero-order valence-electron chi connectivity index (χ0n) is 12.0. The van der Waals surface area contributed by atoms with Gasteiger partial charge in [-0.05, 0) is 31.2 Å². The van der Waals surface area contributed by atoms with Crippen LogP contribution >= 0.6 is 0 Å². The summed E-state index contributed by atoms with van der Waals surface area (Å²) in [5.41, 5.74) is 6.11. The second kappa shape index (κ2) is 6.39. The summed E-state index contributed by atoms with van der Waals surface area (Å²) in [6.07, 6.45) is 7.33. The lowest BCUT2D eigenvalue weighted by Crippen LogP contribution is -2.32. The lowest BCUT2D eigenvalue weighted by atomic mass is 9.94. The van der Waals surface area contributed by atoms with Crippen molar-refractivity contribution >= 4 is 17.3 Å². The molecule has 0 heterocycles. The first-order chi connectivity index (χ1) is 9.99. The number of hydrogen-bond acceptors (Lipinski definition) is 4. The number of benzene rings is 1. The maximum Gasteiger partial charge on any atom is 0.270 e. The Labute approximate surface area is 123 Å². The fourth-order valence-corrected chi connectivity index (χ4v) is 2.54. The summed E-state index contributed by atoms with van der Waals surface area (Å²) < 4.78 is 0. The molecular weight excluding hydrogens is 270 g/mol. The predicted molar refractivity (Wildman–Crippen MR) is 81.0 cm³/mol. The molecule has 6 nitrogen and oxygen atoms in total. The largest absolute Gasteiger partial charge is 0.398 e. The quantitative estimate of drug-likeness (QED) is 0.399. The number of carbonyl (C=O) groups is 1. The minimum atomic E-state index is -0.526. The van der Waals surface area contributed by atoms with E-state index in [-0.39, 0.29) is 22.8 Å². The molecule has 0 aliphatic heterocycles. The van der Waals surface area contributed by atoms with E-state index in [0.29, 0.717) is 12.5 Å². The van der Waals surface area contributed by atoms with E-state index in [9.17, 15) is 14.9 Å². The SMILES string of the molecule is CN(CC1CC=CCC1)C(=O)c1cc([N+](=O)[O-])ccc1N. The lowest BCUT2D eigenvalue weighted by Gasteiger charge is -2.25. The van der Waals surface area contributed by atoms with Gasteiger partial charge in [0.1, 0.15) is 0 Å². The Hall–Kier alpha value is -2.37. The van der Waals surface area contributed by atoms with Gasteiger partial charge in [0.25, 0.3) is 11.6 Å². The van der Waals surface area contributed by atoms with Crippen molar-refractivity contribution in [1.29, 1.82) is 0 Å². The molecular formula is C15H19N3O3. The van der Waals surface area contributed by atoms with Gasteiger partial charge in [-0.15, -0.1) is 0 Å². The fourth-order valence-electron chi connectivity index (χ4n) is 2.54. The van der Waals surface area contributed by atoms with Crippen LogP contribution in [0.3, 0.4) is 0 Å². The van der Waals surface area contributed by atoms with Crippen LogP contribution in [0.1, 0.15) is 29.6 Å². The van der Waals surface area contributed by atoms with Crippen LogP contribution in [0.5, 0.6) is 0 Å². The van der Waals surface area contributed by atoms with Gasteiger partial charge in [-0.1, -0.05) is 12.2 Å². The smallest absolute Gasteiger partial charge is 0.270 e. The number of hydrogen-bond donors (Lipinski definition) is 1. The van der Waals surface area contributed by atoms with Crippen molar-refractivity contribution in [2.24, 2.45) is 5.92 Å². The molecule has 1 atom stereocenters. The van der Waals surface area contributed by atoms with Gasteiger partial charge in [0, 0.05) is 31.4 Å². The molecule has 1 aliphatic rings. The van der Waals surface area contributed by atoms with Crippen LogP contribution in [0, 0.1) is 16.0 Å². The molecule has 6 heteroatoms. The molecule has 1 aliphatic carbocycles. The summed E-state index contributed by atoms with van der Waals surface area (Å²) in [6.45, 7) is 0.630. The van der Waals surface area contributed by atoms with Crippen LogP contribution in [0.2, 0.25) is 0 Å². The van der Waals surface area contributed by atoms with Crippen molar-refractivity contribution in [1.82, 2.24) is 4.90 Å². The second-order valence-electron chi connectivity index (χ2n) is 5.36. The number of carbonyl (C=O) groups excluding carboxylic acids is 1. The Morgan fingerprint density at radius 3 is 2.86 bits per heavy atom. The van der Waals surface area contributed by atoms with Crippen molar-refractivity contribution in [3.63, 3.8) is 0 Å². The Morgan fingerprint density at radius 1 is 1.48 bits per heavy atom. The third-order valence-electron chi connectivity index (χ3n) is 3.73. The first-order valence-electron chi connectivity index (χ1n) is 6.93. The molecule has 1 aromatic carbocycles. The van der Waals surface area contributed by atoms with E-state index in [1.807, 2.05) is 0 Å². The van der Waals surface area contributed by atoms with Crippen molar-refractivity contribution < 1.29 is 9.72 Å². The van der Waals surface area contributed by atoms with Crippen molar-refractivity contribution in [2.75, 3.05) is 19.3 Å². The lowest BCUT2D eigenvalue weighted by molar-refractivity contribution is -0.384. The summed E-state index contributed by atoms with van der Waals surface area (Å²) in [5, 5.41) is 10.8. The van der Waals surface area contributed by atoms with Crippen molar-refractivity contribution in [3.8, 4) is 0 Å². The summed E-state index contributed by atoms with van der Waals surface area (Å²) in [4.78, 5) is 24.3. The second-order valence-corrected chi connectivity index (χ2v) is 5.36. The van der Waals surface area contributed by atoms with Gasteiger partial charge in [0.05, 0.1) is 10.5 Å². The van der Waals surface area contributed by atoms with Crippen LogP contribution in [-0.4, -0.2) is 29.3 Å². The molecule has 0 aromatic heterocycles. The van der Waals surface area contributed by atoms with E-state index in [0.717, 1.165) is 19.3 Å². The highest BCUT2D eigenvalue weighted by Gasteiger charge is 2.21. The average Bonchev–Trinajstić information content (AvgIpc) is 2.47. The molecule has 1 aromatic rings. The van der Waals surface area contributed by atoms with Gasteiger partial charge in [0.2, 0.25) is 0 Å². The highest BCUT2D eigenvalue weighted by atomic mass is 16.6. The van der Waals surface area contributed by atoms with E-state index >= 15 is 0 Å². The van der Waals surface area contributed by atoms with Crippen LogP contribution in [0.4, 0.5) is 11.4 Å². The summed E-state index contributed by atoms with van der Waals surface area (Å²) in [7, 11) is 1.71. The number of nitrogen functional groups attached to an aromatic ring is 1. The molecule has 0 radical (unpaired) electrons. The molecule has 0 saturated heterocycles. The molecule has 2 N–H and O–H groups in total. The van der Waals surface area contributed by atoms with Crippen LogP contribution in [0.25, 0.3) is 0 Å². The third-order valence-corrected chi connectivity index (χ3v) is 3.73. The van der Waals surface area contributed by atoms with Crippen LogP contribution in [-0.2, 0) is 0 Å². The van der Waals surface area contributed by atoms with E-state index in [1.165, 1.54) is 18.2 Å². The third kappa shape index (κ3) is 3.59. The molecule has 1 unspecified atom stereocenters. The minimum Gasteiger partial charge on any atom is -0.398 e. The van der Waals surface area contributed by atoms with E-state index < -0.39 is 4.92 Å². The number of nitro groups is 1. The molecule has 21 heavy (non-hydrogen) atoms. The monoisotopic (exact) mass is 289 g/mol. The molecule has 2 rings (SSSR count). The van der Waals surface area contributed by atoms with E-state index in [4.69, 9.17) is 5.73 Å². The number of nitrogens with two attached hydrogens (primary N) is 1. The molecule has 112 valence electrons. The highest BCUT2D eigenvalue weighted by molar-refractivity contribution is 5.99. The van der Waals surface area contributed by atoms with Gasteiger partial charge >= 0.3 is 0 Å². The molecule has 0 saturated carbocycles. The fraction of sp³-hybridized carbons (Fsp3) is 0.400. The molecule has 0 spiro atoms. The number of amides is 1. The zero-order chi connectivity index (χ0) is 15.4. The average molecular weight is 289 g/mol. The van der Waals surface area contributed by atoms with Gasteiger partial charge in [-0.25, -0.2) is 0 Å². The number of allylic oxidation sites excluding steroid dienone is 2. The predicted octanol–water partition coefficient (Wildman–Crippen LogP) is 2.61. The zero-order valence-corrected chi connectivity index (χ0v) is 12.0. The maximum absolute atomic E-state index is 12.4. The van der Waals surface area contributed by atoms with Crippen molar-refractivity contribution in [3.05, 3.63) is 46.0 Å². The number of nitro benzene ring substituents is 1. The van der Waals surface area contributed by atoms with Crippen LogP contribution in [0.15, 0.2) is 30.4 Å². The number of nitrogens with zero attached hydrogens (tertiary/aromatic N) is 2. The Kier molecular flexibility index (Phi) is 4.57. The number of non-ortho nitro benzene ring substituents is 1. The Bertz CT molecular complexity index is 584. The first kappa shape index (κ1) is 15.0. The number of anilines is 1. The highest BCUT2D eigenvalue weighted by Crippen LogP contribution is 2.23. The summed E-state index contributed by atoms with van der Waals surface area (Å²) >= 11 is 0. The number of rotatable bonds is 4. The summed E-state index contributed by atoms with van der Waals surface area (Å²) in [5.74, 6) is 0.162. The summed E-state index contributed by atoms with van der Waals surface area (Å²) in [6, 6.07) is 3.95. The van der Waals surface area contributed by atoms with E-state index in [1.54, 1.807) is 11.9 Å². The normalized spacial score (nSPS) is 17.5. The first-order valence-corrected chi connectivity index (χ1v) is 6.93. The molecule has 0 fully saturated rings. The molecule has 0 bridgehead atoms. The van der Waals surface area contributed by atoms with Gasteiger partial charge in [-0.2, -0.15) is 0 Å². The molecule has 1 amide bonds.